The average Bonchev–Trinajstić information content (AvgIpc) is 3.10. The SMILES string of the molecule is C\C=C(/C=C\C(Br)=C\CCC)C1=CN(C(=O)N2CCCCC2Cc2ccccc2)N=C=CC1. The number of likely N-dealkylation sites (tertiary alicyclic amines) is 1. The Kier molecular flexibility index (Phi) is 9.99. The Morgan fingerprint density at radius 3 is 2.82 bits per heavy atom. The highest BCUT2D eigenvalue weighted by Gasteiger charge is 2.30. The van der Waals surface area contributed by atoms with Crippen LogP contribution >= 0.6 is 15.9 Å². The van der Waals surface area contributed by atoms with Crippen molar-refractivity contribution in [2.75, 3.05) is 6.54 Å². The van der Waals surface area contributed by atoms with Crippen molar-refractivity contribution in [2.24, 2.45) is 5.10 Å². The molecule has 0 radical (unpaired) electrons. The normalized spacial score (nSPS) is 19.7. The van der Waals surface area contributed by atoms with Gasteiger partial charge in [-0.05, 0) is 67.9 Å². The number of benzene rings is 1. The molecule has 2 heterocycles. The van der Waals surface area contributed by atoms with Crippen molar-refractivity contribution >= 4 is 27.8 Å². The average molecular weight is 509 g/mol. The predicted octanol–water partition coefficient (Wildman–Crippen LogP) is 7.52. The molecule has 174 valence electrons. The summed E-state index contributed by atoms with van der Waals surface area (Å²) in [6, 6.07) is 10.5. The fourth-order valence-electron chi connectivity index (χ4n) is 4.17. The lowest BCUT2D eigenvalue weighted by molar-refractivity contribution is 0.128. The zero-order valence-corrected chi connectivity index (χ0v) is 21.3. The highest BCUT2D eigenvalue weighted by Crippen LogP contribution is 2.25. The van der Waals surface area contributed by atoms with E-state index in [9.17, 15) is 4.79 Å². The number of urea groups is 1. The van der Waals surface area contributed by atoms with Crippen molar-refractivity contribution in [1.29, 1.82) is 0 Å². The maximum Gasteiger partial charge on any atom is 0.345 e. The van der Waals surface area contributed by atoms with Gasteiger partial charge in [0, 0.05) is 35.6 Å². The second kappa shape index (κ2) is 13.2. The summed E-state index contributed by atoms with van der Waals surface area (Å²) in [6.07, 6.45) is 19.1. The number of carbonyl (C=O) groups excluding carboxylic acids is 1. The molecule has 2 aliphatic heterocycles. The molecule has 0 aromatic heterocycles. The van der Waals surface area contributed by atoms with E-state index in [1.807, 2.05) is 30.2 Å². The molecule has 0 bridgehead atoms. The van der Waals surface area contributed by atoms with Crippen LogP contribution < -0.4 is 0 Å². The second-order valence-corrected chi connectivity index (χ2v) is 9.32. The standard InChI is InChI=1S/C28H34BrN3O/c1-3-5-15-26(29)18-17-24(4-2)25-14-11-19-30-32(22-25)28(33)31-20-10-9-16-27(31)21-23-12-7-6-8-13-23/h4,6-8,11-13,15,17-18,22,27H,3,5,9-10,14,16,20-21H2,1-2H3/b18-17-,24-4+,26-15-. The molecular formula is C28H34BrN3O. The van der Waals surface area contributed by atoms with E-state index in [1.165, 1.54) is 10.6 Å². The molecular weight excluding hydrogens is 474 g/mol. The van der Waals surface area contributed by atoms with Crippen molar-refractivity contribution < 1.29 is 4.79 Å². The molecule has 1 saturated heterocycles. The molecule has 0 saturated carbocycles. The van der Waals surface area contributed by atoms with E-state index in [2.05, 4.69) is 82.4 Å². The maximum absolute atomic E-state index is 13.6. The van der Waals surface area contributed by atoms with Gasteiger partial charge in [0.15, 0.2) is 0 Å². The van der Waals surface area contributed by atoms with E-state index in [-0.39, 0.29) is 12.1 Å². The third-order valence-corrected chi connectivity index (χ3v) is 6.56. The fraction of sp³-hybridized carbons (Fsp3) is 0.393. The van der Waals surface area contributed by atoms with Crippen LogP contribution in [0.3, 0.4) is 0 Å². The van der Waals surface area contributed by atoms with Crippen molar-refractivity contribution in [3.8, 4) is 0 Å². The van der Waals surface area contributed by atoms with Crippen LogP contribution in [0.2, 0.25) is 0 Å². The molecule has 1 unspecified atom stereocenters. The van der Waals surface area contributed by atoms with Gasteiger partial charge in [-0.1, -0.05) is 77.8 Å². The predicted molar refractivity (Wildman–Crippen MR) is 141 cm³/mol. The van der Waals surface area contributed by atoms with Gasteiger partial charge in [0.1, 0.15) is 0 Å². The Morgan fingerprint density at radius 2 is 2.06 bits per heavy atom. The highest BCUT2D eigenvalue weighted by molar-refractivity contribution is 9.11. The number of nitrogens with zero attached hydrogens (tertiary/aromatic N) is 3. The van der Waals surface area contributed by atoms with Gasteiger partial charge < -0.3 is 4.90 Å². The first kappa shape index (κ1) is 25.0. The third kappa shape index (κ3) is 7.45. The lowest BCUT2D eigenvalue weighted by Gasteiger charge is -2.37. The number of hydrazone groups is 1. The van der Waals surface area contributed by atoms with Gasteiger partial charge in [0.05, 0.1) is 0 Å². The minimum Gasteiger partial charge on any atom is -0.320 e. The van der Waals surface area contributed by atoms with Gasteiger partial charge in [-0.2, -0.15) is 5.01 Å². The van der Waals surface area contributed by atoms with Crippen molar-refractivity contribution in [3.05, 3.63) is 88.1 Å². The number of allylic oxidation sites excluding steroid dienone is 8. The van der Waals surface area contributed by atoms with Crippen LogP contribution in [0.5, 0.6) is 0 Å². The summed E-state index contributed by atoms with van der Waals surface area (Å²) in [4.78, 5) is 15.5. The molecule has 1 aromatic carbocycles. The van der Waals surface area contributed by atoms with E-state index >= 15 is 0 Å². The lowest BCUT2D eigenvalue weighted by Crippen LogP contribution is -2.48. The van der Waals surface area contributed by atoms with E-state index in [0.29, 0.717) is 6.42 Å². The van der Waals surface area contributed by atoms with Crippen molar-refractivity contribution in [3.63, 3.8) is 0 Å². The van der Waals surface area contributed by atoms with Gasteiger partial charge >= 0.3 is 6.03 Å². The van der Waals surface area contributed by atoms with Crippen LogP contribution in [-0.4, -0.2) is 34.4 Å². The number of hydrogen-bond donors (Lipinski definition) is 0. The first-order valence-electron chi connectivity index (χ1n) is 11.9. The quantitative estimate of drug-likeness (QED) is 0.351. The lowest BCUT2D eigenvalue weighted by atomic mass is 9.96. The smallest absolute Gasteiger partial charge is 0.320 e. The zero-order valence-electron chi connectivity index (χ0n) is 19.7. The van der Waals surface area contributed by atoms with Crippen LogP contribution in [-0.2, 0) is 6.42 Å². The zero-order chi connectivity index (χ0) is 23.5. The molecule has 5 heteroatoms. The molecule has 2 aliphatic rings. The summed E-state index contributed by atoms with van der Waals surface area (Å²) in [6.45, 7) is 4.95. The van der Waals surface area contributed by atoms with Crippen LogP contribution in [0.4, 0.5) is 4.79 Å². The summed E-state index contributed by atoms with van der Waals surface area (Å²) in [5.74, 6) is 2.94. The molecule has 4 nitrogen and oxygen atoms in total. The van der Waals surface area contributed by atoms with Gasteiger partial charge in [-0.3, -0.25) is 0 Å². The van der Waals surface area contributed by atoms with Gasteiger partial charge in [0.25, 0.3) is 0 Å². The van der Waals surface area contributed by atoms with E-state index < -0.39 is 0 Å². The topological polar surface area (TPSA) is 35.9 Å². The number of piperidine rings is 1. The highest BCUT2D eigenvalue weighted by atomic mass is 79.9. The monoisotopic (exact) mass is 507 g/mol. The summed E-state index contributed by atoms with van der Waals surface area (Å²) in [5.41, 5.74) is 3.38. The molecule has 3 rings (SSSR count). The summed E-state index contributed by atoms with van der Waals surface area (Å²) in [7, 11) is 0. The molecule has 1 atom stereocenters. The van der Waals surface area contributed by atoms with Crippen LogP contribution in [0.15, 0.2) is 87.6 Å². The minimum absolute atomic E-state index is 0.0700. The maximum atomic E-state index is 13.6. The number of unbranched alkanes of at least 4 members (excludes halogenated alkanes) is 1. The first-order chi connectivity index (χ1) is 16.1. The molecule has 0 spiro atoms. The molecule has 33 heavy (non-hydrogen) atoms. The van der Waals surface area contributed by atoms with E-state index in [4.69, 9.17) is 0 Å². The molecule has 2 amide bonds. The summed E-state index contributed by atoms with van der Waals surface area (Å²) < 4.78 is 1.06. The molecule has 1 fully saturated rings. The van der Waals surface area contributed by atoms with Gasteiger partial charge in [0.2, 0.25) is 0 Å². The summed E-state index contributed by atoms with van der Waals surface area (Å²) in [5, 5.41) is 5.80. The Bertz CT molecular complexity index is 984. The second-order valence-electron chi connectivity index (χ2n) is 8.41. The summed E-state index contributed by atoms with van der Waals surface area (Å²) >= 11 is 3.61. The number of halogens is 1. The van der Waals surface area contributed by atoms with E-state index in [0.717, 1.165) is 60.7 Å². The Balaban J connectivity index is 1.78. The number of amides is 2. The van der Waals surface area contributed by atoms with Gasteiger partial charge in [-0.25, -0.2) is 4.79 Å². The van der Waals surface area contributed by atoms with Gasteiger partial charge in [-0.15, -0.1) is 5.10 Å². The largest absolute Gasteiger partial charge is 0.345 e. The van der Waals surface area contributed by atoms with Crippen molar-refractivity contribution in [2.45, 2.75) is 64.8 Å². The van der Waals surface area contributed by atoms with Crippen LogP contribution in [0, 0.1) is 0 Å². The van der Waals surface area contributed by atoms with E-state index in [1.54, 1.807) is 0 Å². The van der Waals surface area contributed by atoms with Crippen LogP contribution in [0.25, 0.3) is 0 Å². The number of hydrogen-bond acceptors (Lipinski definition) is 2. The molecule has 0 aliphatic carbocycles. The first-order valence-corrected chi connectivity index (χ1v) is 12.7. The number of carbonyl (C=O) groups is 1. The van der Waals surface area contributed by atoms with Crippen LogP contribution in [0.1, 0.15) is 57.9 Å². The van der Waals surface area contributed by atoms with Crippen molar-refractivity contribution in [1.82, 2.24) is 9.91 Å². The molecule has 0 N–H and O–H groups in total. The minimum atomic E-state index is -0.0700. The Labute approximate surface area is 206 Å². The Morgan fingerprint density at radius 1 is 1.24 bits per heavy atom. The Hall–Kier alpha value is -2.62. The molecule has 1 aromatic rings. The fourth-order valence-corrected chi connectivity index (χ4v) is 4.53. The number of rotatable bonds is 7. The third-order valence-electron chi connectivity index (χ3n) is 5.97.